The highest BCUT2D eigenvalue weighted by Crippen LogP contribution is 2.34. The smallest absolute Gasteiger partial charge is 0.196 e. The number of aliphatic imine (C=N–C) groups is 1. The normalized spacial score (nSPS) is 15.1. The molecule has 3 aromatic rings. The van der Waals surface area contributed by atoms with Gasteiger partial charge in [-0.1, -0.05) is 25.1 Å². The maximum absolute atomic E-state index is 11.1. The summed E-state index contributed by atoms with van der Waals surface area (Å²) in [6.45, 7) is 5.90. The van der Waals surface area contributed by atoms with Crippen molar-refractivity contribution in [2.24, 2.45) is 4.99 Å². The van der Waals surface area contributed by atoms with E-state index < -0.39 is 5.72 Å². The zero-order valence-corrected chi connectivity index (χ0v) is 19.9. The zero-order valence-electron chi connectivity index (χ0n) is 17.6. The van der Waals surface area contributed by atoms with Crippen LogP contribution in [0.4, 0.5) is 0 Å². The van der Waals surface area contributed by atoms with Crippen LogP contribution in [0.1, 0.15) is 25.8 Å². The van der Waals surface area contributed by atoms with Crippen LogP contribution in [0.5, 0.6) is 5.75 Å². The number of aromatic nitrogens is 1. The van der Waals surface area contributed by atoms with Crippen LogP contribution in [-0.4, -0.2) is 46.9 Å². The second kappa shape index (κ2) is 9.26. The van der Waals surface area contributed by atoms with Gasteiger partial charge in [0.15, 0.2) is 5.96 Å². The first-order valence-corrected chi connectivity index (χ1v) is 10.1. The quantitative estimate of drug-likeness (QED) is 0.334. The maximum atomic E-state index is 11.1. The monoisotopic (exact) mass is 520 g/mol. The number of halogens is 1. The Balaban J connectivity index is 0.00000256. The minimum Gasteiger partial charge on any atom is -0.497 e. The molecule has 1 aromatic heterocycles. The Morgan fingerprint density at radius 3 is 2.53 bits per heavy atom. The first-order valence-electron chi connectivity index (χ1n) is 10.1. The molecule has 0 fully saturated rings. The van der Waals surface area contributed by atoms with Crippen molar-refractivity contribution in [2.75, 3.05) is 20.2 Å². The van der Waals surface area contributed by atoms with Crippen molar-refractivity contribution < 1.29 is 9.84 Å². The molecule has 2 aromatic carbocycles. The number of nitrogens with zero attached hydrogens (tertiary/aromatic N) is 2. The molecule has 4 rings (SSSR count). The number of aliphatic hydroxyl groups is 1. The van der Waals surface area contributed by atoms with Crippen molar-refractivity contribution in [3.8, 4) is 17.0 Å². The Kier molecular flexibility index (Phi) is 6.92. The van der Waals surface area contributed by atoms with Gasteiger partial charge in [-0.2, -0.15) is 0 Å². The summed E-state index contributed by atoms with van der Waals surface area (Å²) in [5.41, 5.74) is 3.33. The van der Waals surface area contributed by atoms with Crippen LogP contribution in [0.15, 0.2) is 53.5 Å². The highest BCUT2D eigenvalue weighted by atomic mass is 127. The average Bonchev–Trinajstić information content (AvgIpc) is 3.40. The number of aromatic amines is 1. The standard InChI is InChI=1S/C23H28N4O2.HI/c1-4-23(2,28)27(22-24-13-14-25-22)15-19-18-7-5-6-8-20(18)26-21(19)16-9-11-17(29-3)12-10-16;/h5-12,26,28H,4,13-15H2,1-3H3,(H,24,25);1H. The Labute approximate surface area is 194 Å². The Morgan fingerprint density at radius 1 is 1.17 bits per heavy atom. The Hall–Kier alpha value is -2.26. The van der Waals surface area contributed by atoms with Crippen molar-refractivity contribution in [3.63, 3.8) is 0 Å². The van der Waals surface area contributed by atoms with E-state index in [2.05, 4.69) is 39.6 Å². The molecule has 1 aliphatic heterocycles. The van der Waals surface area contributed by atoms with Gasteiger partial charge in [0.1, 0.15) is 11.5 Å². The van der Waals surface area contributed by atoms with Crippen LogP contribution in [0.3, 0.4) is 0 Å². The summed E-state index contributed by atoms with van der Waals surface area (Å²) in [5, 5.41) is 15.6. The van der Waals surface area contributed by atoms with Gasteiger partial charge in [0, 0.05) is 23.0 Å². The third-order valence-corrected chi connectivity index (χ3v) is 5.67. The molecular formula is C23H29IN4O2. The number of nitrogens with one attached hydrogen (secondary N) is 2. The Bertz CT molecular complexity index is 1030. The van der Waals surface area contributed by atoms with E-state index in [0.29, 0.717) is 13.0 Å². The van der Waals surface area contributed by atoms with E-state index in [4.69, 9.17) is 4.74 Å². The number of fused-ring (bicyclic) bond motifs is 1. The second-order valence-corrected chi connectivity index (χ2v) is 7.54. The van der Waals surface area contributed by atoms with Gasteiger partial charge in [-0.05, 0) is 49.2 Å². The number of guanidine groups is 1. The van der Waals surface area contributed by atoms with Crippen molar-refractivity contribution in [2.45, 2.75) is 32.5 Å². The molecule has 30 heavy (non-hydrogen) atoms. The highest BCUT2D eigenvalue weighted by Gasteiger charge is 2.32. The fraction of sp³-hybridized carbons (Fsp3) is 0.348. The van der Waals surface area contributed by atoms with Gasteiger partial charge in [0.25, 0.3) is 0 Å². The molecule has 0 radical (unpaired) electrons. The summed E-state index contributed by atoms with van der Waals surface area (Å²) in [5.74, 6) is 1.58. The molecule has 0 saturated carbocycles. The van der Waals surface area contributed by atoms with Crippen molar-refractivity contribution in [1.29, 1.82) is 0 Å². The molecule has 0 saturated heterocycles. The first-order chi connectivity index (χ1) is 14.0. The minimum absolute atomic E-state index is 0. The lowest BCUT2D eigenvalue weighted by Crippen LogP contribution is -2.52. The van der Waals surface area contributed by atoms with E-state index in [-0.39, 0.29) is 24.0 Å². The third kappa shape index (κ3) is 4.27. The van der Waals surface area contributed by atoms with Gasteiger partial charge in [-0.15, -0.1) is 24.0 Å². The molecule has 6 nitrogen and oxygen atoms in total. The van der Waals surface area contributed by atoms with Gasteiger partial charge < -0.3 is 25.0 Å². The molecule has 1 atom stereocenters. The number of methoxy groups -OCH3 is 1. The van der Waals surface area contributed by atoms with Gasteiger partial charge in [0.05, 0.1) is 25.9 Å². The predicted molar refractivity (Wildman–Crippen MR) is 132 cm³/mol. The van der Waals surface area contributed by atoms with Gasteiger partial charge in [-0.3, -0.25) is 4.99 Å². The van der Waals surface area contributed by atoms with E-state index in [1.165, 1.54) is 0 Å². The topological polar surface area (TPSA) is 72.9 Å². The van der Waals surface area contributed by atoms with Crippen molar-refractivity contribution in [3.05, 3.63) is 54.1 Å². The summed E-state index contributed by atoms with van der Waals surface area (Å²) >= 11 is 0. The molecular weight excluding hydrogens is 491 g/mol. The van der Waals surface area contributed by atoms with Gasteiger partial charge in [0.2, 0.25) is 0 Å². The number of hydrogen-bond acceptors (Lipinski definition) is 5. The lowest BCUT2D eigenvalue weighted by Gasteiger charge is -2.38. The highest BCUT2D eigenvalue weighted by molar-refractivity contribution is 14.0. The lowest BCUT2D eigenvalue weighted by atomic mass is 10.0. The SMILES string of the molecule is CCC(C)(O)N(Cc1c(-c2ccc(OC)cc2)[nH]c2ccccc12)C1=NCCN1.I. The zero-order chi connectivity index (χ0) is 20.4. The molecule has 0 aliphatic carbocycles. The van der Waals surface area contributed by atoms with Crippen LogP contribution in [0.2, 0.25) is 0 Å². The predicted octanol–water partition coefficient (Wildman–Crippen LogP) is 4.34. The summed E-state index contributed by atoms with van der Waals surface area (Å²) in [6.07, 6.45) is 0.591. The van der Waals surface area contributed by atoms with Crippen LogP contribution >= 0.6 is 24.0 Å². The number of H-pyrrole nitrogens is 1. The first kappa shape index (κ1) is 22.4. The molecule has 7 heteroatoms. The average molecular weight is 520 g/mol. The van der Waals surface area contributed by atoms with E-state index in [9.17, 15) is 5.11 Å². The molecule has 0 amide bonds. The van der Waals surface area contributed by atoms with E-state index >= 15 is 0 Å². The van der Waals surface area contributed by atoms with Crippen molar-refractivity contribution in [1.82, 2.24) is 15.2 Å². The summed E-state index contributed by atoms with van der Waals surface area (Å²) in [7, 11) is 1.67. The van der Waals surface area contributed by atoms with Crippen LogP contribution in [0.25, 0.3) is 22.2 Å². The molecule has 2 heterocycles. The summed E-state index contributed by atoms with van der Waals surface area (Å²) in [4.78, 5) is 10.1. The molecule has 160 valence electrons. The van der Waals surface area contributed by atoms with E-state index in [1.54, 1.807) is 7.11 Å². The number of hydrogen-bond donors (Lipinski definition) is 3. The number of ether oxygens (including phenoxy) is 1. The largest absolute Gasteiger partial charge is 0.497 e. The van der Waals surface area contributed by atoms with Gasteiger partial charge >= 0.3 is 0 Å². The fourth-order valence-corrected chi connectivity index (χ4v) is 3.76. The van der Waals surface area contributed by atoms with Crippen LogP contribution in [0, 0.1) is 0 Å². The number of benzene rings is 2. The Morgan fingerprint density at radius 2 is 1.90 bits per heavy atom. The summed E-state index contributed by atoms with van der Waals surface area (Å²) in [6, 6.07) is 16.3. The molecule has 3 N–H and O–H groups in total. The van der Waals surface area contributed by atoms with Crippen LogP contribution < -0.4 is 10.1 Å². The molecule has 1 aliphatic rings. The van der Waals surface area contributed by atoms with Gasteiger partial charge in [-0.25, -0.2) is 0 Å². The lowest BCUT2D eigenvalue weighted by molar-refractivity contribution is -0.0614. The second-order valence-electron chi connectivity index (χ2n) is 7.54. The minimum atomic E-state index is -1.01. The van der Waals surface area contributed by atoms with Crippen LogP contribution in [-0.2, 0) is 6.54 Å². The number of para-hydroxylation sites is 1. The fourth-order valence-electron chi connectivity index (χ4n) is 3.76. The molecule has 0 spiro atoms. The molecule has 1 unspecified atom stereocenters. The maximum Gasteiger partial charge on any atom is 0.196 e. The third-order valence-electron chi connectivity index (χ3n) is 5.67. The summed E-state index contributed by atoms with van der Waals surface area (Å²) < 4.78 is 5.31. The number of rotatable bonds is 6. The molecule has 0 bridgehead atoms. The van der Waals surface area contributed by atoms with Crippen molar-refractivity contribution >= 4 is 40.8 Å². The van der Waals surface area contributed by atoms with E-state index in [0.717, 1.165) is 52.5 Å². The van der Waals surface area contributed by atoms with E-state index in [1.807, 2.05) is 43.0 Å².